The molecule has 0 aliphatic carbocycles. The van der Waals surface area contributed by atoms with Crippen LogP contribution in [0.2, 0.25) is 0 Å². The number of hydrogen-bond donors (Lipinski definition) is 2. The first-order chi connectivity index (χ1) is 15.3. The van der Waals surface area contributed by atoms with Gasteiger partial charge < -0.3 is 14.8 Å². The summed E-state index contributed by atoms with van der Waals surface area (Å²) in [4.78, 5) is 12.7. The summed E-state index contributed by atoms with van der Waals surface area (Å²) >= 11 is 0. The Morgan fingerprint density at radius 1 is 0.875 bits per heavy atom. The van der Waals surface area contributed by atoms with Crippen LogP contribution in [0.5, 0.6) is 11.5 Å². The van der Waals surface area contributed by atoms with E-state index in [0.29, 0.717) is 28.4 Å². The molecule has 0 spiro atoms. The summed E-state index contributed by atoms with van der Waals surface area (Å²) in [6.07, 6.45) is 2.90. The number of rotatable bonds is 9. The number of carbonyl (C=O) groups is 1. The third-order valence-corrected chi connectivity index (χ3v) is 6.02. The first-order valence-corrected chi connectivity index (χ1v) is 11.2. The van der Waals surface area contributed by atoms with Crippen LogP contribution in [0.4, 0.5) is 11.4 Å². The van der Waals surface area contributed by atoms with Gasteiger partial charge in [-0.05, 0) is 55.5 Å². The van der Waals surface area contributed by atoms with E-state index in [4.69, 9.17) is 9.47 Å². The molecule has 0 radical (unpaired) electrons. The zero-order valence-electron chi connectivity index (χ0n) is 18.0. The van der Waals surface area contributed by atoms with Gasteiger partial charge in [-0.15, -0.1) is 0 Å². The highest BCUT2D eigenvalue weighted by Gasteiger charge is 2.14. The predicted molar refractivity (Wildman–Crippen MR) is 125 cm³/mol. The molecular weight excluding hydrogens is 428 g/mol. The summed E-state index contributed by atoms with van der Waals surface area (Å²) < 4.78 is 37.9. The Morgan fingerprint density at radius 3 is 2.16 bits per heavy atom. The second-order valence-electron chi connectivity index (χ2n) is 6.90. The summed E-state index contributed by atoms with van der Waals surface area (Å²) in [5.41, 5.74) is 2.51. The minimum absolute atomic E-state index is 0.195. The van der Waals surface area contributed by atoms with E-state index in [1.165, 1.54) is 19.4 Å². The lowest BCUT2D eigenvalue weighted by Gasteiger charge is -2.09. The molecule has 2 N–H and O–H groups in total. The minimum atomic E-state index is -3.66. The van der Waals surface area contributed by atoms with Gasteiger partial charge in [0.1, 0.15) is 11.5 Å². The van der Waals surface area contributed by atoms with Crippen molar-refractivity contribution in [1.82, 2.24) is 0 Å². The number of sulfonamides is 1. The predicted octanol–water partition coefficient (Wildman–Crippen LogP) is 4.62. The highest BCUT2D eigenvalue weighted by molar-refractivity contribution is 7.92. The molecule has 3 aromatic carbocycles. The Balaban J connectivity index is 1.63. The number of benzene rings is 3. The van der Waals surface area contributed by atoms with Gasteiger partial charge in [-0.1, -0.05) is 17.7 Å². The van der Waals surface area contributed by atoms with Gasteiger partial charge in [-0.2, -0.15) is 0 Å². The zero-order chi connectivity index (χ0) is 23.1. The van der Waals surface area contributed by atoms with E-state index in [0.717, 1.165) is 5.56 Å². The van der Waals surface area contributed by atoms with Crippen molar-refractivity contribution in [3.05, 3.63) is 90.1 Å². The molecule has 0 atom stereocenters. The third-order valence-electron chi connectivity index (χ3n) is 4.63. The number of hydrogen-bond acceptors (Lipinski definition) is 6. The average molecular weight is 453 g/mol. The molecule has 0 fully saturated rings. The maximum absolute atomic E-state index is 12.5. The summed E-state index contributed by atoms with van der Waals surface area (Å²) in [6, 6.07) is 18.3. The monoisotopic (exact) mass is 452 g/mol. The van der Waals surface area contributed by atoms with Crippen molar-refractivity contribution < 1.29 is 22.7 Å². The fraction of sp³-hybridized carbons (Fsp3) is 0.125. The van der Waals surface area contributed by atoms with E-state index in [1.807, 2.05) is 6.92 Å². The standard InChI is InChI=1S/C24H24N2O5S/c1-17-4-11-21(12-5-17)32(28,29)26-19-8-6-18(7-9-19)25-15-14-23(27)22-13-10-20(30-2)16-24(22)31-3/h4-16,25-26H,1-3H3/b15-14+. The Bertz CT molecular complexity index is 1220. The lowest BCUT2D eigenvalue weighted by atomic mass is 10.1. The Hall–Kier alpha value is -3.78. The van der Waals surface area contributed by atoms with Crippen LogP contribution in [-0.2, 0) is 10.0 Å². The molecule has 0 saturated carbocycles. The van der Waals surface area contributed by atoms with Gasteiger partial charge in [-0.25, -0.2) is 8.42 Å². The zero-order valence-corrected chi connectivity index (χ0v) is 18.8. The summed E-state index contributed by atoms with van der Waals surface area (Å²) in [5, 5.41) is 2.99. The van der Waals surface area contributed by atoms with Crippen LogP contribution in [0.15, 0.2) is 83.9 Å². The van der Waals surface area contributed by atoms with E-state index < -0.39 is 10.0 Å². The Morgan fingerprint density at radius 2 is 1.53 bits per heavy atom. The van der Waals surface area contributed by atoms with Crippen molar-refractivity contribution in [3.8, 4) is 11.5 Å². The maximum Gasteiger partial charge on any atom is 0.261 e. The average Bonchev–Trinajstić information content (AvgIpc) is 2.79. The summed E-state index contributed by atoms with van der Waals surface area (Å²) in [7, 11) is -0.635. The molecule has 0 aromatic heterocycles. The minimum Gasteiger partial charge on any atom is -0.497 e. The highest BCUT2D eigenvalue weighted by atomic mass is 32.2. The van der Waals surface area contributed by atoms with Crippen LogP contribution in [0.1, 0.15) is 15.9 Å². The van der Waals surface area contributed by atoms with Gasteiger partial charge in [-0.3, -0.25) is 9.52 Å². The van der Waals surface area contributed by atoms with Crippen LogP contribution in [0.3, 0.4) is 0 Å². The van der Waals surface area contributed by atoms with Crippen molar-refractivity contribution in [1.29, 1.82) is 0 Å². The fourth-order valence-corrected chi connectivity index (χ4v) is 3.93. The number of ketones is 1. The number of carbonyl (C=O) groups excluding carboxylic acids is 1. The molecule has 0 heterocycles. The quantitative estimate of drug-likeness (QED) is 0.363. The summed E-state index contributed by atoms with van der Waals surface area (Å²) in [6.45, 7) is 1.89. The molecule has 0 saturated heterocycles. The van der Waals surface area contributed by atoms with Gasteiger partial charge in [0.25, 0.3) is 10.0 Å². The van der Waals surface area contributed by atoms with E-state index in [9.17, 15) is 13.2 Å². The van der Waals surface area contributed by atoms with E-state index >= 15 is 0 Å². The van der Waals surface area contributed by atoms with E-state index in [2.05, 4.69) is 10.0 Å². The lowest BCUT2D eigenvalue weighted by Crippen LogP contribution is -2.12. The molecule has 3 aromatic rings. The normalized spacial score (nSPS) is 11.2. The van der Waals surface area contributed by atoms with Crippen LogP contribution >= 0.6 is 0 Å². The van der Waals surface area contributed by atoms with Crippen LogP contribution < -0.4 is 19.5 Å². The molecule has 3 rings (SSSR count). The number of allylic oxidation sites excluding steroid dienone is 1. The van der Waals surface area contributed by atoms with Gasteiger partial charge >= 0.3 is 0 Å². The number of methoxy groups -OCH3 is 2. The largest absolute Gasteiger partial charge is 0.497 e. The molecular formula is C24H24N2O5S. The Kier molecular flexibility index (Phi) is 7.17. The number of aryl methyl sites for hydroxylation is 1. The van der Waals surface area contributed by atoms with Crippen molar-refractivity contribution in [2.24, 2.45) is 0 Å². The number of ether oxygens (including phenoxy) is 2. The molecule has 166 valence electrons. The van der Waals surface area contributed by atoms with Gasteiger partial charge in [0.05, 0.1) is 24.7 Å². The van der Waals surface area contributed by atoms with Crippen molar-refractivity contribution in [3.63, 3.8) is 0 Å². The highest BCUT2D eigenvalue weighted by Crippen LogP contribution is 2.25. The smallest absolute Gasteiger partial charge is 0.261 e. The lowest BCUT2D eigenvalue weighted by molar-refractivity contribution is 0.104. The second kappa shape index (κ2) is 10.0. The SMILES string of the molecule is COc1ccc(C(=O)/C=C/Nc2ccc(NS(=O)(=O)c3ccc(C)cc3)cc2)c(OC)c1. The van der Waals surface area contributed by atoms with Crippen molar-refractivity contribution in [2.45, 2.75) is 11.8 Å². The molecule has 7 nitrogen and oxygen atoms in total. The molecule has 8 heteroatoms. The van der Waals surface area contributed by atoms with Crippen molar-refractivity contribution in [2.75, 3.05) is 24.3 Å². The van der Waals surface area contributed by atoms with Crippen LogP contribution in [0.25, 0.3) is 0 Å². The molecule has 0 aliphatic heterocycles. The topological polar surface area (TPSA) is 93.7 Å². The fourth-order valence-electron chi connectivity index (χ4n) is 2.87. The molecule has 0 unspecified atom stereocenters. The molecule has 32 heavy (non-hydrogen) atoms. The van der Waals surface area contributed by atoms with Gasteiger partial charge in [0.2, 0.25) is 0 Å². The number of anilines is 2. The first-order valence-electron chi connectivity index (χ1n) is 9.71. The molecule has 0 bridgehead atoms. The summed E-state index contributed by atoms with van der Waals surface area (Å²) in [5.74, 6) is 0.780. The van der Waals surface area contributed by atoms with Crippen LogP contribution in [0, 0.1) is 6.92 Å². The number of nitrogens with one attached hydrogen (secondary N) is 2. The first kappa shape index (κ1) is 22.9. The van der Waals surface area contributed by atoms with E-state index in [1.54, 1.807) is 73.8 Å². The third kappa shape index (κ3) is 5.67. The maximum atomic E-state index is 12.5. The molecule has 0 amide bonds. The van der Waals surface area contributed by atoms with Gasteiger partial charge in [0.15, 0.2) is 5.78 Å². The van der Waals surface area contributed by atoms with Gasteiger partial charge in [0, 0.05) is 29.7 Å². The van der Waals surface area contributed by atoms with Crippen molar-refractivity contribution >= 4 is 27.2 Å². The molecule has 0 aliphatic rings. The van der Waals surface area contributed by atoms with E-state index in [-0.39, 0.29) is 10.7 Å². The van der Waals surface area contributed by atoms with Crippen LogP contribution in [-0.4, -0.2) is 28.4 Å². The Labute approximate surface area is 187 Å². The second-order valence-corrected chi connectivity index (χ2v) is 8.59.